The lowest BCUT2D eigenvalue weighted by atomic mass is 9.83. The van der Waals surface area contributed by atoms with Gasteiger partial charge in [0, 0.05) is 16.3 Å². The molecule has 0 aliphatic carbocycles. The minimum atomic E-state index is 0.512. The van der Waals surface area contributed by atoms with Crippen LogP contribution in [-0.4, -0.2) is 0 Å². The fourth-order valence-corrected chi connectivity index (χ4v) is 7.11. The molecule has 45 heavy (non-hydrogen) atoms. The van der Waals surface area contributed by atoms with Gasteiger partial charge >= 0.3 is 0 Å². The molecule has 0 bridgehead atoms. The predicted molar refractivity (Wildman–Crippen MR) is 190 cm³/mol. The summed E-state index contributed by atoms with van der Waals surface area (Å²) in [7, 11) is 0. The Labute approximate surface area is 263 Å². The number of hydrogen-bond acceptors (Lipinski definition) is 1. The Hall–Kier alpha value is -5.92. The molecule has 0 atom stereocenters. The average Bonchev–Trinajstić information content (AvgIpc) is 3.51. The van der Waals surface area contributed by atoms with Crippen LogP contribution in [0.3, 0.4) is 0 Å². The first kappa shape index (κ1) is 24.5. The van der Waals surface area contributed by atoms with Crippen molar-refractivity contribution in [1.82, 2.24) is 0 Å². The van der Waals surface area contributed by atoms with E-state index in [1.807, 2.05) is 18.2 Å². The van der Waals surface area contributed by atoms with Gasteiger partial charge in [-0.15, -0.1) is 0 Å². The number of rotatable bonds is 4. The van der Waals surface area contributed by atoms with Crippen LogP contribution in [-0.2, 0) is 0 Å². The highest BCUT2D eigenvalue weighted by molar-refractivity contribution is 6.27. The molecular weight excluding hydrogens is 544 g/mol. The van der Waals surface area contributed by atoms with Crippen LogP contribution in [0.4, 0.5) is 0 Å². The monoisotopic (exact) mass is 573 g/mol. The van der Waals surface area contributed by atoms with Crippen LogP contribution in [0.5, 0.6) is 0 Å². The fourth-order valence-electron chi connectivity index (χ4n) is 7.11. The molecule has 0 radical (unpaired) electrons. The molecule has 210 valence electrons. The highest BCUT2D eigenvalue weighted by atomic mass is 16.3. The molecule has 0 N–H and O–H groups in total. The van der Waals surface area contributed by atoms with Crippen molar-refractivity contribution in [3.8, 4) is 44.5 Å². The van der Waals surface area contributed by atoms with Gasteiger partial charge in [-0.05, 0) is 72.6 Å². The van der Waals surface area contributed by atoms with E-state index in [1.165, 1.54) is 38.2 Å². The topological polar surface area (TPSA) is 13.1 Å². The molecule has 9 aromatic rings. The second-order valence-corrected chi connectivity index (χ2v) is 11.5. The first-order valence-corrected chi connectivity index (χ1v) is 15.4. The van der Waals surface area contributed by atoms with E-state index in [2.05, 4.69) is 146 Å². The second kappa shape index (κ2) is 10.4. The summed E-state index contributed by atoms with van der Waals surface area (Å²) in [4.78, 5) is 0. The fraction of sp³-hybridized carbons (Fsp3) is 0. The van der Waals surface area contributed by atoms with Crippen molar-refractivity contribution in [2.24, 2.45) is 0 Å². The number of benzene rings is 8. The van der Waals surface area contributed by atoms with E-state index in [0.717, 1.165) is 49.8 Å². The SMILES string of the molecule is [2H]c1ccc(-c2ccccc2-c2c3ccccc3c(-c3ccc(-c4ccccc4)c4oc5ccccc5c34)c3ccccc23)cc1. The Morgan fingerprint density at radius 1 is 0.356 bits per heavy atom. The van der Waals surface area contributed by atoms with Crippen molar-refractivity contribution in [1.29, 1.82) is 0 Å². The Bertz CT molecular complexity index is 2520. The van der Waals surface area contributed by atoms with Crippen molar-refractivity contribution in [3.63, 3.8) is 0 Å². The van der Waals surface area contributed by atoms with Crippen LogP contribution in [0.2, 0.25) is 0 Å². The minimum Gasteiger partial charge on any atom is -0.455 e. The molecule has 0 aliphatic heterocycles. The molecule has 0 saturated carbocycles. The number of furan rings is 1. The van der Waals surface area contributed by atoms with Gasteiger partial charge in [-0.25, -0.2) is 0 Å². The van der Waals surface area contributed by atoms with Gasteiger partial charge in [0.25, 0.3) is 0 Å². The average molecular weight is 574 g/mol. The Balaban J connectivity index is 1.41. The highest BCUT2D eigenvalue weighted by Gasteiger charge is 2.22. The Morgan fingerprint density at radius 3 is 1.49 bits per heavy atom. The van der Waals surface area contributed by atoms with Gasteiger partial charge in [-0.3, -0.25) is 0 Å². The Kier molecular flexibility index (Phi) is 5.65. The molecule has 1 heterocycles. The van der Waals surface area contributed by atoms with Gasteiger partial charge in [0.2, 0.25) is 0 Å². The highest BCUT2D eigenvalue weighted by Crippen LogP contribution is 2.49. The van der Waals surface area contributed by atoms with Crippen LogP contribution in [0.25, 0.3) is 88.0 Å². The predicted octanol–water partition coefficient (Wildman–Crippen LogP) is 12.6. The molecule has 8 aromatic carbocycles. The largest absolute Gasteiger partial charge is 0.455 e. The molecule has 1 heteroatoms. The minimum absolute atomic E-state index is 0.512. The van der Waals surface area contributed by atoms with Gasteiger partial charge in [-0.2, -0.15) is 0 Å². The van der Waals surface area contributed by atoms with E-state index in [-0.39, 0.29) is 0 Å². The third-order valence-electron chi connectivity index (χ3n) is 9.04. The summed E-state index contributed by atoms with van der Waals surface area (Å²) < 4.78 is 14.7. The van der Waals surface area contributed by atoms with Crippen LogP contribution in [0.15, 0.2) is 174 Å². The van der Waals surface area contributed by atoms with E-state index < -0.39 is 0 Å². The molecular formula is C44H28O. The van der Waals surface area contributed by atoms with E-state index in [1.54, 1.807) is 0 Å². The molecule has 0 aliphatic rings. The van der Waals surface area contributed by atoms with Crippen molar-refractivity contribution < 1.29 is 5.79 Å². The van der Waals surface area contributed by atoms with Gasteiger partial charge in [0.15, 0.2) is 0 Å². The van der Waals surface area contributed by atoms with E-state index in [4.69, 9.17) is 5.79 Å². The molecule has 1 aromatic heterocycles. The molecule has 0 unspecified atom stereocenters. The van der Waals surface area contributed by atoms with Crippen LogP contribution >= 0.6 is 0 Å². The lowest BCUT2D eigenvalue weighted by molar-refractivity contribution is 0.670. The lowest BCUT2D eigenvalue weighted by Gasteiger charge is -2.20. The molecule has 0 spiro atoms. The third kappa shape index (κ3) is 4.02. The molecule has 0 amide bonds. The Morgan fingerprint density at radius 2 is 0.822 bits per heavy atom. The van der Waals surface area contributed by atoms with E-state index in [9.17, 15) is 0 Å². The summed E-state index contributed by atoms with van der Waals surface area (Å²) in [6.07, 6.45) is 0. The molecule has 0 saturated heterocycles. The standard InChI is InChI=1S/C44H28O/c1-3-15-29(16-4-1)31-19-7-8-20-33(31)41-34-21-9-11-23-36(34)42(37-24-12-10-22-35(37)41)39-28-27-32(30-17-5-2-6-18-30)44-43(39)38-25-13-14-26-40(38)45-44/h1-28H/i1D. The quantitative estimate of drug-likeness (QED) is 0.191. The van der Waals surface area contributed by atoms with Gasteiger partial charge in [0.1, 0.15) is 11.2 Å². The van der Waals surface area contributed by atoms with Crippen molar-refractivity contribution in [2.75, 3.05) is 0 Å². The third-order valence-corrected chi connectivity index (χ3v) is 9.04. The zero-order valence-electron chi connectivity index (χ0n) is 25.5. The molecule has 1 nitrogen and oxygen atoms in total. The van der Waals surface area contributed by atoms with Gasteiger partial charge < -0.3 is 4.42 Å². The second-order valence-electron chi connectivity index (χ2n) is 11.5. The van der Waals surface area contributed by atoms with Crippen molar-refractivity contribution in [3.05, 3.63) is 170 Å². The zero-order chi connectivity index (χ0) is 30.6. The van der Waals surface area contributed by atoms with Crippen LogP contribution in [0.1, 0.15) is 1.37 Å². The number of fused-ring (bicyclic) bond motifs is 5. The lowest BCUT2D eigenvalue weighted by Crippen LogP contribution is -1.93. The van der Waals surface area contributed by atoms with Crippen LogP contribution < -0.4 is 0 Å². The zero-order valence-corrected chi connectivity index (χ0v) is 24.5. The summed E-state index contributed by atoms with van der Waals surface area (Å²) in [6, 6.07) is 58.0. The van der Waals surface area contributed by atoms with Crippen molar-refractivity contribution >= 4 is 43.5 Å². The summed E-state index contributed by atoms with van der Waals surface area (Å²) in [5.41, 5.74) is 11.1. The van der Waals surface area contributed by atoms with Crippen LogP contribution in [0, 0.1) is 0 Å². The van der Waals surface area contributed by atoms with Gasteiger partial charge in [0.05, 0.1) is 1.37 Å². The van der Waals surface area contributed by atoms with Crippen molar-refractivity contribution in [2.45, 2.75) is 0 Å². The number of hydrogen-bond donors (Lipinski definition) is 0. The normalized spacial score (nSPS) is 11.9. The first-order valence-electron chi connectivity index (χ1n) is 15.9. The van der Waals surface area contributed by atoms with Gasteiger partial charge in [-0.1, -0.05) is 158 Å². The smallest absolute Gasteiger partial charge is 0.143 e. The summed E-state index contributed by atoms with van der Waals surface area (Å²) in [5.74, 6) is 0. The van der Waals surface area contributed by atoms with E-state index in [0.29, 0.717) is 6.04 Å². The summed E-state index contributed by atoms with van der Waals surface area (Å²) >= 11 is 0. The summed E-state index contributed by atoms with van der Waals surface area (Å²) in [6.45, 7) is 0. The molecule has 9 rings (SSSR count). The number of para-hydroxylation sites is 1. The maximum atomic E-state index is 8.04. The maximum absolute atomic E-state index is 8.04. The maximum Gasteiger partial charge on any atom is 0.143 e. The van der Waals surface area contributed by atoms with E-state index >= 15 is 0 Å². The first-order chi connectivity index (χ1) is 22.8. The summed E-state index contributed by atoms with van der Waals surface area (Å²) in [5, 5.41) is 7.06. The molecule has 0 fully saturated rings.